The van der Waals surface area contributed by atoms with Gasteiger partial charge in [-0.2, -0.15) is 8.42 Å². The van der Waals surface area contributed by atoms with Gasteiger partial charge in [-0.05, 0) is 36.8 Å². The molecule has 4 rings (SSSR count). The van der Waals surface area contributed by atoms with Crippen LogP contribution in [0.2, 0.25) is 0 Å². The van der Waals surface area contributed by atoms with Crippen molar-refractivity contribution in [1.82, 2.24) is 14.7 Å². The average molecular weight is 343 g/mol. The van der Waals surface area contributed by atoms with Crippen molar-refractivity contribution in [2.24, 2.45) is 5.92 Å². The first-order valence-electron chi connectivity index (χ1n) is 7.94. The molecular weight excluding hydrogens is 326 g/mol. The maximum absolute atomic E-state index is 12.5. The molecule has 7 heteroatoms. The van der Waals surface area contributed by atoms with E-state index in [0.29, 0.717) is 6.42 Å². The Kier molecular flexibility index (Phi) is 3.42. The van der Waals surface area contributed by atoms with Gasteiger partial charge in [-0.15, -0.1) is 0 Å². The van der Waals surface area contributed by atoms with Crippen LogP contribution in [0.1, 0.15) is 30.4 Å². The number of hydrogen-bond donors (Lipinski definition) is 1. The first-order valence-corrected chi connectivity index (χ1v) is 9.42. The van der Waals surface area contributed by atoms with Gasteiger partial charge >= 0.3 is 0 Å². The second kappa shape index (κ2) is 5.37. The molecule has 0 radical (unpaired) electrons. The van der Waals surface area contributed by atoms with E-state index in [2.05, 4.69) is 26.8 Å². The van der Waals surface area contributed by atoms with Crippen molar-refractivity contribution >= 4 is 15.9 Å². The van der Waals surface area contributed by atoms with Crippen molar-refractivity contribution in [1.29, 1.82) is 0 Å². The number of rotatable bonds is 3. The van der Waals surface area contributed by atoms with E-state index < -0.39 is 15.9 Å². The molecule has 1 aromatic heterocycles. The van der Waals surface area contributed by atoms with Crippen LogP contribution < -0.4 is 4.72 Å². The highest BCUT2D eigenvalue weighted by atomic mass is 32.2. The summed E-state index contributed by atoms with van der Waals surface area (Å²) in [5, 5.41) is -0.239. The summed E-state index contributed by atoms with van der Waals surface area (Å²) >= 11 is 0. The Morgan fingerprint density at radius 2 is 2.08 bits per heavy atom. The average Bonchev–Trinajstić information content (AvgIpc) is 3.31. The molecule has 1 saturated carbocycles. The number of sulfonamides is 1. The molecule has 0 bridgehead atoms. The number of hydrogen-bond acceptors (Lipinski definition) is 5. The molecule has 6 nitrogen and oxygen atoms in total. The van der Waals surface area contributed by atoms with Crippen LogP contribution in [-0.4, -0.2) is 24.3 Å². The summed E-state index contributed by atoms with van der Waals surface area (Å²) in [7, 11) is -3.97. The highest BCUT2D eigenvalue weighted by Crippen LogP contribution is 2.60. The molecule has 1 amide bonds. The second-order valence-electron chi connectivity index (χ2n) is 6.44. The number of nitrogens with one attached hydrogen (secondary N) is 1. The third kappa shape index (κ3) is 2.39. The topological polar surface area (TPSA) is 89.0 Å². The SMILES string of the molecule is O=C(NS(=O)(=O)c1cnccn1)C1CC12CCCc1ccccc12. The number of carbonyl (C=O) groups is 1. The molecule has 0 aliphatic heterocycles. The molecular formula is C17H17N3O3S. The smallest absolute Gasteiger partial charge is 0.274 e. The lowest BCUT2D eigenvalue weighted by molar-refractivity contribution is -0.121. The van der Waals surface area contributed by atoms with Crippen molar-refractivity contribution in [3.05, 3.63) is 54.0 Å². The molecule has 2 aliphatic rings. The van der Waals surface area contributed by atoms with Gasteiger partial charge < -0.3 is 0 Å². The standard InChI is InChI=1S/C17H17N3O3S/c21-16(20-24(22,23)15-11-18-8-9-19-15)14-10-17(14)7-3-5-12-4-1-2-6-13(12)17/h1-2,4,6,8-9,11,14H,3,5,7,10H2,(H,20,21). The summed E-state index contributed by atoms with van der Waals surface area (Å²) in [5.41, 5.74) is 2.28. The van der Waals surface area contributed by atoms with E-state index in [1.54, 1.807) is 0 Å². The fourth-order valence-electron chi connectivity index (χ4n) is 3.86. The minimum atomic E-state index is -3.97. The summed E-state index contributed by atoms with van der Waals surface area (Å²) in [6, 6.07) is 8.15. The fourth-order valence-corrected chi connectivity index (χ4v) is 4.77. The van der Waals surface area contributed by atoms with Gasteiger partial charge in [0.2, 0.25) is 5.91 Å². The van der Waals surface area contributed by atoms with Crippen LogP contribution in [0.15, 0.2) is 47.9 Å². The van der Waals surface area contributed by atoms with Crippen LogP contribution in [0, 0.1) is 5.92 Å². The van der Waals surface area contributed by atoms with Crippen molar-refractivity contribution in [2.75, 3.05) is 0 Å². The van der Waals surface area contributed by atoms with Crippen LogP contribution in [0.3, 0.4) is 0 Å². The lowest BCUT2D eigenvalue weighted by Gasteiger charge is -2.26. The lowest BCUT2D eigenvalue weighted by atomic mass is 9.78. The fraction of sp³-hybridized carbons (Fsp3) is 0.353. The van der Waals surface area contributed by atoms with Gasteiger partial charge in [0.25, 0.3) is 10.0 Å². The Morgan fingerprint density at radius 1 is 1.25 bits per heavy atom. The Hall–Kier alpha value is -2.28. The summed E-state index contributed by atoms with van der Waals surface area (Å²) in [4.78, 5) is 20.0. The van der Waals surface area contributed by atoms with Crippen molar-refractivity contribution in [3.8, 4) is 0 Å². The monoisotopic (exact) mass is 343 g/mol. The Bertz CT molecular complexity index is 898. The minimum Gasteiger partial charge on any atom is -0.274 e. The van der Waals surface area contributed by atoms with Crippen LogP contribution in [0.25, 0.3) is 0 Å². The van der Waals surface area contributed by atoms with E-state index in [1.165, 1.54) is 23.5 Å². The molecule has 2 aromatic rings. The predicted octanol–water partition coefficient (Wildman–Crippen LogP) is 1.58. The molecule has 1 spiro atoms. The van der Waals surface area contributed by atoms with Gasteiger partial charge in [0.1, 0.15) is 0 Å². The molecule has 2 atom stereocenters. The molecule has 1 N–H and O–H groups in total. The van der Waals surface area contributed by atoms with Crippen LogP contribution in [-0.2, 0) is 26.7 Å². The number of aryl methyl sites for hydroxylation is 1. The molecule has 2 unspecified atom stereocenters. The number of fused-ring (bicyclic) bond motifs is 2. The van der Waals surface area contributed by atoms with Crippen molar-refractivity contribution in [3.63, 3.8) is 0 Å². The van der Waals surface area contributed by atoms with Crippen molar-refractivity contribution in [2.45, 2.75) is 36.1 Å². The number of aromatic nitrogens is 2. The quantitative estimate of drug-likeness (QED) is 0.914. The van der Waals surface area contributed by atoms with Crippen molar-refractivity contribution < 1.29 is 13.2 Å². The van der Waals surface area contributed by atoms with E-state index in [4.69, 9.17) is 0 Å². The van der Waals surface area contributed by atoms with Gasteiger partial charge in [0.05, 0.1) is 6.20 Å². The normalized spacial score (nSPS) is 25.1. The molecule has 0 saturated heterocycles. The molecule has 1 fully saturated rings. The Morgan fingerprint density at radius 3 is 2.88 bits per heavy atom. The maximum Gasteiger partial charge on any atom is 0.283 e. The highest BCUT2D eigenvalue weighted by Gasteiger charge is 2.60. The number of amides is 1. The van der Waals surface area contributed by atoms with E-state index in [1.807, 2.05) is 12.1 Å². The van der Waals surface area contributed by atoms with Gasteiger partial charge in [0.15, 0.2) is 5.03 Å². The zero-order valence-electron chi connectivity index (χ0n) is 13.0. The van der Waals surface area contributed by atoms with E-state index >= 15 is 0 Å². The molecule has 24 heavy (non-hydrogen) atoms. The summed E-state index contributed by atoms with van der Waals surface area (Å²) in [5.74, 6) is -0.747. The Balaban J connectivity index is 1.56. The maximum atomic E-state index is 12.5. The lowest BCUT2D eigenvalue weighted by Crippen LogP contribution is -2.35. The first-order chi connectivity index (χ1) is 11.5. The largest absolute Gasteiger partial charge is 0.283 e. The summed E-state index contributed by atoms with van der Waals surface area (Å²) in [6.07, 6.45) is 7.47. The van der Waals surface area contributed by atoms with Gasteiger partial charge in [-0.3, -0.25) is 9.78 Å². The van der Waals surface area contributed by atoms with E-state index in [0.717, 1.165) is 25.5 Å². The predicted molar refractivity (Wildman–Crippen MR) is 86.5 cm³/mol. The third-order valence-corrected chi connectivity index (χ3v) is 6.30. The minimum absolute atomic E-state index is 0.198. The third-order valence-electron chi connectivity index (χ3n) is 5.06. The second-order valence-corrected chi connectivity index (χ2v) is 8.07. The Labute approximate surface area is 140 Å². The van der Waals surface area contributed by atoms with Gasteiger partial charge in [-0.25, -0.2) is 9.71 Å². The summed E-state index contributed by atoms with van der Waals surface area (Å²) in [6.45, 7) is 0. The van der Waals surface area contributed by atoms with E-state index in [-0.39, 0.29) is 16.4 Å². The number of carbonyl (C=O) groups excluding carboxylic acids is 1. The van der Waals surface area contributed by atoms with Crippen LogP contribution in [0.5, 0.6) is 0 Å². The van der Waals surface area contributed by atoms with Crippen LogP contribution in [0.4, 0.5) is 0 Å². The zero-order valence-corrected chi connectivity index (χ0v) is 13.8. The highest BCUT2D eigenvalue weighted by molar-refractivity contribution is 7.90. The van der Waals surface area contributed by atoms with E-state index in [9.17, 15) is 13.2 Å². The molecule has 1 aromatic carbocycles. The zero-order chi connectivity index (χ0) is 16.8. The molecule has 1 heterocycles. The van der Waals surface area contributed by atoms with Gasteiger partial charge in [0, 0.05) is 23.7 Å². The number of nitrogens with zero attached hydrogens (tertiary/aromatic N) is 2. The van der Waals surface area contributed by atoms with Crippen LogP contribution >= 0.6 is 0 Å². The molecule has 2 aliphatic carbocycles. The summed E-state index contributed by atoms with van der Waals surface area (Å²) < 4.78 is 26.7. The first kappa shape index (κ1) is 15.3. The molecule has 124 valence electrons. The van der Waals surface area contributed by atoms with Gasteiger partial charge in [-0.1, -0.05) is 24.3 Å². The number of benzene rings is 1.